The van der Waals surface area contributed by atoms with Gasteiger partial charge in [0, 0.05) is 18.8 Å². The number of nitrogens with zero attached hydrogens (tertiary/aromatic N) is 3. The van der Waals surface area contributed by atoms with Crippen LogP contribution < -0.4 is 5.32 Å². The molecule has 4 nitrogen and oxygen atoms in total. The predicted octanol–water partition coefficient (Wildman–Crippen LogP) is 0.751. The quantitative estimate of drug-likeness (QED) is 0.688. The molecule has 0 aliphatic rings. The van der Waals surface area contributed by atoms with Crippen LogP contribution in [0.1, 0.15) is 12.7 Å². The molecule has 0 spiro atoms. The molecule has 0 bridgehead atoms. The van der Waals surface area contributed by atoms with E-state index >= 15 is 0 Å². The van der Waals surface area contributed by atoms with Crippen LogP contribution in [0.15, 0.2) is 6.33 Å². The minimum atomic E-state index is 0.814. The molecule has 0 aromatic carbocycles. The topological polar surface area (TPSA) is 42.7 Å². The van der Waals surface area contributed by atoms with Gasteiger partial charge in [0.2, 0.25) is 0 Å². The van der Waals surface area contributed by atoms with Crippen molar-refractivity contribution in [2.75, 3.05) is 18.6 Å². The standard InChI is InChI=1S/C8H16N4S/c1-3-12-7-10-11-8(12)6-9-4-5-13-2/h7,9H,3-6H2,1-2H3. The monoisotopic (exact) mass is 200 g/mol. The molecule has 1 aromatic heterocycles. The van der Waals surface area contributed by atoms with Gasteiger partial charge in [-0.3, -0.25) is 0 Å². The number of rotatable bonds is 6. The van der Waals surface area contributed by atoms with E-state index in [2.05, 4.69) is 28.7 Å². The van der Waals surface area contributed by atoms with Gasteiger partial charge in [-0.15, -0.1) is 10.2 Å². The summed E-state index contributed by atoms with van der Waals surface area (Å²) in [5.41, 5.74) is 0. The molecular formula is C8H16N4S. The van der Waals surface area contributed by atoms with E-state index in [1.165, 1.54) is 0 Å². The van der Waals surface area contributed by atoms with Crippen molar-refractivity contribution in [2.45, 2.75) is 20.0 Å². The molecule has 1 aromatic rings. The van der Waals surface area contributed by atoms with Crippen molar-refractivity contribution in [3.05, 3.63) is 12.2 Å². The van der Waals surface area contributed by atoms with Crippen LogP contribution in [0.3, 0.4) is 0 Å². The second kappa shape index (κ2) is 5.99. The highest BCUT2D eigenvalue weighted by Gasteiger charge is 2.00. The predicted molar refractivity (Wildman–Crippen MR) is 55.8 cm³/mol. The molecule has 5 heteroatoms. The minimum absolute atomic E-state index is 0.814. The Labute approximate surface area is 83.1 Å². The Bertz CT molecular complexity index is 236. The van der Waals surface area contributed by atoms with Crippen molar-refractivity contribution in [2.24, 2.45) is 0 Å². The van der Waals surface area contributed by atoms with Crippen LogP contribution in [0, 0.1) is 0 Å². The highest BCUT2D eigenvalue weighted by Crippen LogP contribution is 1.94. The number of thioether (sulfide) groups is 1. The van der Waals surface area contributed by atoms with Crippen molar-refractivity contribution in [1.29, 1.82) is 0 Å². The van der Waals surface area contributed by atoms with Gasteiger partial charge in [-0.05, 0) is 13.2 Å². The highest BCUT2D eigenvalue weighted by molar-refractivity contribution is 7.98. The van der Waals surface area contributed by atoms with E-state index in [-0.39, 0.29) is 0 Å². The average Bonchev–Trinajstić information content (AvgIpc) is 2.60. The molecule has 0 saturated heterocycles. The Hall–Kier alpha value is -0.550. The van der Waals surface area contributed by atoms with E-state index in [0.717, 1.165) is 31.2 Å². The van der Waals surface area contributed by atoms with Crippen molar-refractivity contribution in [1.82, 2.24) is 20.1 Å². The number of hydrogen-bond donors (Lipinski definition) is 1. The molecule has 0 fully saturated rings. The summed E-state index contributed by atoms with van der Waals surface area (Å²) in [5, 5.41) is 11.2. The Morgan fingerprint density at radius 2 is 2.46 bits per heavy atom. The first-order valence-electron chi connectivity index (χ1n) is 4.44. The highest BCUT2D eigenvalue weighted by atomic mass is 32.2. The molecule has 1 N–H and O–H groups in total. The fourth-order valence-electron chi connectivity index (χ4n) is 1.05. The molecule has 0 aliphatic carbocycles. The van der Waals surface area contributed by atoms with Gasteiger partial charge in [0.05, 0.1) is 6.54 Å². The average molecular weight is 200 g/mol. The Balaban J connectivity index is 2.27. The van der Waals surface area contributed by atoms with E-state index in [9.17, 15) is 0 Å². The fraction of sp³-hybridized carbons (Fsp3) is 0.750. The lowest BCUT2D eigenvalue weighted by Crippen LogP contribution is -2.19. The third-order valence-corrected chi connectivity index (χ3v) is 2.41. The minimum Gasteiger partial charge on any atom is -0.317 e. The molecule has 0 unspecified atom stereocenters. The number of aryl methyl sites for hydroxylation is 1. The summed E-state index contributed by atoms with van der Waals surface area (Å²) in [5.74, 6) is 2.16. The SMILES string of the molecule is CCn1cnnc1CNCCSC. The summed E-state index contributed by atoms with van der Waals surface area (Å²) >= 11 is 1.84. The van der Waals surface area contributed by atoms with Gasteiger partial charge in [0.15, 0.2) is 0 Å². The Kier molecular flexibility index (Phi) is 4.85. The van der Waals surface area contributed by atoms with Crippen LogP contribution in [0.4, 0.5) is 0 Å². The van der Waals surface area contributed by atoms with Crippen molar-refractivity contribution >= 4 is 11.8 Å². The Morgan fingerprint density at radius 3 is 3.15 bits per heavy atom. The zero-order valence-electron chi connectivity index (χ0n) is 8.16. The summed E-state index contributed by atoms with van der Waals surface area (Å²) < 4.78 is 2.05. The normalized spacial score (nSPS) is 10.6. The molecule has 1 heterocycles. The summed E-state index contributed by atoms with van der Waals surface area (Å²) in [6.07, 6.45) is 3.88. The van der Waals surface area contributed by atoms with E-state index in [1.54, 1.807) is 6.33 Å². The molecule has 13 heavy (non-hydrogen) atoms. The van der Waals surface area contributed by atoms with Crippen LogP contribution in [0.5, 0.6) is 0 Å². The van der Waals surface area contributed by atoms with E-state index in [4.69, 9.17) is 0 Å². The molecular weight excluding hydrogens is 184 g/mol. The third kappa shape index (κ3) is 3.36. The van der Waals surface area contributed by atoms with Crippen molar-refractivity contribution in [3.8, 4) is 0 Å². The molecule has 0 radical (unpaired) electrons. The molecule has 0 saturated carbocycles. The summed E-state index contributed by atoms with van der Waals surface area (Å²) in [7, 11) is 0. The number of nitrogens with one attached hydrogen (secondary N) is 1. The lowest BCUT2D eigenvalue weighted by Gasteiger charge is -2.04. The molecule has 0 amide bonds. The van der Waals surface area contributed by atoms with E-state index in [0.29, 0.717) is 0 Å². The molecule has 0 atom stereocenters. The molecule has 1 rings (SSSR count). The van der Waals surface area contributed by atoms with Crippen LogP contribution in [0.25, 0.3) is 0 Å². The number of hydrogen-bond acceptors (Lipinski definition) is 4. The van der Waals surface area contributed by atoms with Gasteiger partial charge < -0.3 is 9.88 Å². The summed E-state index contributed by atoms with van der Waals surface area (Å²) in [4.78, 5) is 0. The zero-order valence-corrected chi connectivity index (χ0v) is 8.97. The fourth-order valence-corrected chi connectivity index (χ4v) is 1.40. The van der Waals surface area contributed by atoms with Gasteiger partial charge in [0.25, 0.3) is 0 Å². The largest absolute Gasteiger partial charge is 0.317 e. The Morgan fingerprint density at radius 1 is 1.62 bits per heavy atom. The first-order valence-corrected chi connectivity index (χ1v) is 5.84. The number of aromatic nitrogens is 3. The van der Waals surface area contributed by atoms with Crippen molar-refractivity contribution in [3.63, 3.8) is 0 Å². The van der Waals surface area contributed by atoms with Crippen LogP contribution in [-0.2, 0) is 13.1 Å². The lowest BCUT2D eigenvalue weighted by atomic mass is 10.5. The molecule has 0 aliphatic heterocycles. The van der Waals surface area contributed by atoms with E-state index < -0.39 is 0 Å². The van der Waals surface area contributed by atoms with Gasteiger partial charge in [-0.2, -0.15) is 11.8 Å². The van der Waals surface area contributed by atoms with Gasteiger partial charge in [-0.25, -0.2) is 0 Å². The first-order chi connectivity index (χ1) is 6.38. The van der Waals surface area contributed by atoms with E-state index in [1.807, 2.05) is 16.3 Å². The summed E-state index contributed by atoms with van der Waals surface area (Å²) in [6.45, 7) is 4.87. The van der Waals surface area contributed by atoms with Crippen molar-refractivity contribution < 1.29 is 0 Å². The third-order valence-electron chi connectivity index (χ3n) is 1.80. The zero-order chi connectivity index (χ0) is 9.52. The van der Waals surface area contributed by atoms with Gasteiger partial charge >= 0.3 is 0 Å². The smallest absolute Gasteiger partial charge is 0.146 e. The van der Waals surface area contributed by atoms with Crippen LogP contribution in [-0.4, -0.2) is 33.3 Å². The second-order valence-electron chi connectivity index (χ2n) is 2.70. The van der Waals surface area contributed by atoms with Gasteiger partial charge in [0.1, 0.15) is 12.2 Å². The maximum atomic E-state index is 4.03. The summed E-state index contributed by atoms with van der Waals surface area (Å²) in [6, 6.07) is 0. The maximum Gasteiger partial charge on any atom is 0.146 e. The molecule has 74 valence electrons. The maximum absolute atomic E-state index is 4.03. The lowest BCUT2D eigenvalue weighted by molar-refractivity contribution is 0.630. The van der Waals surface area contributed by atoms with Crippen LogP contribution >= 0.6 is 11.8 Å². The van der Waals surface area contributed by atoms with Crippen LogP contribution in [0.2, 0.25) is 0 Å². The first kappa shape index (κ1) is 10.5. The second-order valence-corrected chi connectivity index (χ2v) is 3.69. The van der Waals surface area contributed by atoms with Gasteiger partial charge in [-0.1, -0.05) is 0 Å².